The maximum absolute atomic E-state index is 13.6. The van der Waals surface area contributed by atoms with E-state index >= 15 is 0 Å². The Labute approximate surface area is 157 Å². The Kier molecular flexibility index (Phi) is 5.20. The highest BCUT2D eigenvalue weighted by Crippen LogP contribution is 2.41. The smallest absolute Gasteiger partial charge is 0.255 e. The zero-order valence-electron chi connectivity index (χ0n) is 14.8. The molecule has 140 valence electrons. The highest BCUT2D eigenvalue weighted by molar-refractivity contribution is 8.00. The second-order valence-electron chi connectivity index (χ2n) is 7.64. The molecule has 1 saturated heterocycles. The van der Waals surface area contributed by atoms with Gasteiger partial charge in [-0.2, -0.15) is 0 Å². The molecule has 0 bridgehead atoms. The molecule has 0 spiro atoms. The van der Waals surface area contributed by atoms with Gasteiger partial charge in [-0.3, -0.25) is 9.59 Å². The summed E-state index contributed by atoms with van der Waals surface area (Å²) in [7, 11) is 0. The summed E-state index contributed by atoms with van der Waals surface area (Å²) in [5.74, 6) is 0.353. The molecule has 3 aliphatic rings. The monoisotopic (exact) mass is 376 g/mol. The molecular weight excluding hydrogens is 351 g/mol. The number of benzene rings is 1. The lowest BCUT2D eigenvalue weighted by atomic mass is 9.88. The van der Waals surface area contributed by atoms with Gasteiger partial charge in [-0.05, 0) is 49.8 Å². The van der Waals surface area contributed by atoms with E-state index in [4.69, 9.17) is 0 Å². The van der Waals surface area contributed by atoms with Crippen LogP contribution >= 0.6 is 11.8 Å². The third-order valence-electron chi connectivity index (χ3n) is 5.62. The van der Waals surface area contributed by atoms with Crippen molar-refractivity contribution in [2.45, 2.75) is 62.4 Å². The van der Waals surface area contributed by atoms with Crippen molar-refractivity contribution < 1.29 is 14.0 Å². The summed E-state index contributed by atoms with van der Waals surface area (Å²) in [6.45, 7) is 0. The van der Waals surface area contributed by atoms with Crippen LogP contribution in [0.2, 0.25) is 0 Å². The van der Waals surface area contributed by atoms with Crippen LogP contribution in [-0.4, -0.2) is 39.9 Å². The molecule has 1 aromatic carbocycles. The summed E-state index contributed by atoms with van der Waals surface area (Å²) < 4.78 is 13.6. The van der Waals surface area contributed by atoms with Crippen LogP contribution in [0.15, 0.2) is 24.3 Å². The Morgan fingerprint density at radius 1 is 1.12 bits per heavy atom. The molecular formula is C20H25FN2O2S. The number of thioether (sulfide) groups is 1. The highest BCUT2D eigenvalue weighted by Gasteiger charge is 2.45. The number of carbonyl (C=O) groups is 2. The van der Waals surface area contributed by atoms with E-state index in [1.165, 1.54) is 31.4 Å². The van der Waals surface area contributed by atoms with E-state index in [0.29, 0.717) is 17.2 Å². The number of nitrogens with zero attached hydrogens (tertiary/aromatic N) is 1. The van der Waals surface area contributed by atoms with Gasteiger partial charge >= 0.3 is 0 Å². The predicted molar refractivity (Wildman–Crippen MR) is 100 cm³/mol. The molecule has 1 heterocycles. The molecule has 0 unspecified atom stereocenters. The fraction of sp³-hybridized carbons (Fsp3) is 0.600. The Balaban J connectivity index is 1.59. The van der Waals surface area contributed by atoms with Gasteiger partial charge in [0.05, 0.1) is 5.37 Å². The van der Waals surface area contributed by atoms with E-state index in [2.05, 4.69) is 5.32 Å². The SMILES string of the molecule is O=C(NC1CC1)[C@@H]1CS[C@H](C2CCCCC2)N1C(=O)c1cccc(F)c1. The highest BCUT2D eigenvalue weighted by atomic mass is 32.2. The van der Waals surface area contributed by atoms with Crippen LogP contribution in [0, 0.1) is 11.7 Å². The minimum atomic E-state index is -0.455. The molecule has 1 aromatic rings. The van der Waals surface area contributed by atoms with E-state index in [1.54, 1.807) is 28.8 Å². The maximum Gasteiger partial charge on any atom is 0.255 e. The number of carbonyl (C=O) groups excluding carboxylic acids is 2. The summed E-state index contributed by atoms with van der Waals surface area (Å²) in [6, 6.07) is 5.63. The van der Waals surface area contributed by atoms with Gasteiger partial charge in [-0.1, -0.05) is 25.3 Å². The summed E-state index contributed by atoms with van der Waals surface area (Å²) in [5.41, 5.74) is 0.331. The van der Waals surface area contributed by atoms with Crippen molar-refractivity contribution in [2.24, 2.45) is 5.92 Å². The van der Waals surface area contributed by atoms with Crippen molar-refractivity contribution in [2.75, 3.05) is 5.75 Å². The van der Waals surface area contributed by atoms with Crippen molar-refractivity contribution in [1.29, 1.82) is 0 Å². The fourth-order valence-electron chi connectivity index (χ4n) is 4.06. The van der Waals surface area contributed by atoms with E-state index in [0.717, 1.165) is 25.7 Å². The first-order valence-electron chi connectivity index (χ1n) is 9.63. The van der Waals surface area contributed by atoms with Crippen molar-refractivity contribution in [3.63, 3.8) is 0 Å². The number of rotatable bonds is 4. The third kappa shape index (κ3) is 3.75. The van der Waals surface area contributed by atoms with Gasteiger partial charge in [0, 0.05) is 17.4 Å². The Morgan fingerprint density at radius 3 is 2.58 bits per heavy atom. The zero-order chi connectivity index (χ0) is 18.1. The van der Waals surface area contributed by atoms with Crippen LogP contribution in [-0.2, 0) is 4.79 Å². The molecule has 1 N–H and O–H groups in total. The molecule has 3 fully saturated rings. The van der Waals surface area contributed by atoms with Crippen LogP contribution in [0.1, 0.15) is 55.3 Å². The van der Waals surface area contributed by atoms with Gasteiger partial charge in [0.1, 0.15) is 11.9 Å². The van der Waals surface area contributed by atoms with Crippen molar-refractivity contribution in [3.8, 4) is 0 Å². The topological polar surface area (TPSA) is 49.4 Å². The minimum absolute atomic E-state index is 0.0148. The number of amides is 2. The van der Waals surface area contributed by atoms with Gasteiger partial charge in [-0.15, -0.1) is 11.8 Å². The average molecular weight is 376 g/mol. The van der Waals surface area contributed by atoms with Gasteiger partial charge in [0.25, 0.3) is 5.91 Å². The van der Waals surface area contributed by atoms with Crippen molar-refractivity contribution >= 4 is 23.6 Å². The predicted octanol–water partition coefficient (Wildman–Crippen LogP) is 3.57. The van der Waals surface area contributed by atoms with Gasteiger partial charge in [0.2, 0.25) is 5.91 Å². The van der Waals surface area contributed by atoms with Gasteiger partial charge < -0.3 is 10.2 Å². The van der Waals surface area contributed by atoms with E-state index in [9.17, 15) is 14.0 Å². The van der Waals surface area contributed by atoms with E-state index < -0.39 is 11.9 Å². The summed E-state index contributed by atoms with van der Waals surface area (Å²) in [6.07, 6.45) is 7.86. The summed E-state index contributed by atoms with van der Waals surface area (Å²) in [4.78, 5) is 27.7. The second kappa shape index (κ2) is 7.59. The zero-order valence-corrected chi connectivity index (χ0v) is 15.6. The van der Waals surface area contributed by atoms with Crippen molar-refractivity contribution in [1.82, 2.24) is 10.2 Å². The molecule has 6 heteroatoms. The largest absolute Gasteiger partial charge is 0.352 e. The Bertz CT molecular complexity index is 688. The molecule has 4 rings (SSSR count). The van der Waals surface area contributed by atoms with Gasteiger partial charge in [-0.25, -0.2) is 4.39 Å². The van der Waals surface area contributed by atoms with Crippen LogP contribution in [0.5, 0.6) is 0 Å². The van der Waals surface area contributed by atoms with Gasteiger partial charge in [0.15, 0.2) is 0 Å². The number of hydrogen-bond acceptors (Lipinski definition) is 3. The van der Waals surface area contributed by atoms with Crippen LogP contribution < -0.4 is 5.32 Å². The third-order valence-corrected chi connectivity index (χ3v) is 7.08. The molecule has 0 aromatic heterocycles. The Morgan fingerprint density at radius 2 is 1.88 bits per heavy atom. The molecule has 2 aliphatic carbocycles. The first-order chi connectivity index (χ1) is 12.6. The van der Waals surface area contributed by atoms with Crippen LogP contribution in [0.3, 0.4) is 0 Å². The number of hydrogen-bond donors (Lipinski definition) is 1. The van der Waals surface area contributed by atoms with Crippen LogP contribution in [0.25, 0.3) is 0 Å². The fourth-order valence-corrected chi connectivity index (χ4v) is 5.70. The van der Waals surface area contributed by atoms with E-state index in [1.807, 2.05) is 0 Å². The first-order valence-corrected chi connectivity index (χ1v) is 10.7. The number of halogens is 1. The Hall–Kier alpha value is -1.56. The summed E-state index contributed by atoms with van der Waals surface area (Å²) >= 11 is 1.72. The molecule has 2 atom stereocenters. The lowest BCUT2D eigenvalue weighted by Crippen LogP contribution is -2.51. The molecule has 1 aliphatic heterocycles. The van der Waals surface area contributed by atoms with Crippen LogP contribution in [0.4, 0.5) is 4.39 Å². The first kappa shape index (κ1) is 17.8. The quantitative estimate of drug-likeness (QED) is 0.874. The molecule has 2 amide bonds. The second-order valence-corrected chi connectivity index (χ2v) is 8.79. The van der Waals surface area contributed by atoms with E-state index in [-0.39, 0.29) is 23.2 Å². The molecule has 0 radical (unpaired) electrons. The number of nitrogens with one attached hydrogen (secondary N) is 1. The standard InChI is InChI=1S/C20H25FN2O2S/c21-15-8-4-7-14(11-15)19(25)23-17(18(24)22-16-9-10-16)12-26-20(23)13-5-2-1-3-6-13/h4,7-8,11,13,16-17,20H,1-3,5-6,9-10,12H2,(H,22,24)/t17-,20+/m0/s1. The molecule has 26 heavy (non-hydrogen) atoms. The van der Waals surface area contributed by atoms with Crippen molar-refractivity contribution in [3.05, 3.63) is 35.6 Å². The normalized spacial score (nSPS) is 26.7. The summed E-state index contributed by atoms with van der Waals surface area (Å²) in [5, 5.41) is 3.06. The molecule has 4 nitrogen and oxygen atoms in total. The lowest BCUT2D eigenvalue weighted by molar-refractivity contribution is -0.125. The lowest BCUT2D eigenvalue weighted by Gasteiger charge is -2.35. The average Bonchev–Trinajstić information content (AvgIpc) is 3.35. The molecule has 2 saturated carbocycles. The minimum Gasteiger partial charge on any atom is -0.352 e. The maximum atomic E-state index is 13.6.